The number of halogens is 1. The lowest BCUT2D eigenvalue weighted by atomic mass is 10.1. The first-order valence-corrected chi connectivity index (χ1v) is 22.3. The number of allylic oxidation sites excluding steroid dienone is 1. The van der Waals surface area contributed by atoms with Crippen molar-refractivity contribution in [2.24, 2.45) is 4.99 Å². The first-order valence-electron chi connectivity index (χ1n) is 22.3. The highest BCUT2D eigenvalue weighted by atomic mass is 19.1. The van der Waals surface area contributed by atoms with E-state index in [1.165, 1.54) is 28.1 Å². The fraction of sp³-hybridized carbons (Fsp3) is 0.327. The van der Waals surface area contributed by atoms with E-state index in [1.807, 2.05) is 108 Å². The molecule has 0 atom stereocenters. The van der Waals surface area contributed by atoms with Crippen molar-refractivity contribution in [1.29, 1.82) is 0 Å². The molecule has 7 rings (SSSR count). The number of aryl methyl sites for hydroxylation is 1. The summed E-state index contributed by atoms with van der Waals surface area (Å²) in [5, 5.41) is 15.9. The molecule has 0 saturated heterocycles. The number of aromatic nitrogens is 4. The Kier molecular flexibility index (Phi) is 23.2. The molecule has 12 heteroatoms. The second-order valence-corrected chi connectivity index (χ2v) is 14.8. The van der Waals surface area contributed by atoms with E-state index in [2.05, 4.69) is 101 Å². The molecule has 0 unspecified atom stereocenters. The molecule has 0 aliphatic heterocycles. The van der Waals surface area contributed by atoms with Gasteiger partial charge in [-0.15, -0.1) is 0 Å². The number of rotatable bonds is 20. The standard InChI is InChI=1S/C33H39N7O.C9H8FN.C8H16N2.C2H6/c1-41-31-12-13-33-32(18-31)28(21-39-33)20-35-19-26-8-10-27(11-9-26)24-40(25-36-23-30-7-3-5-15-38-30)17-16-34-22-29-6-2-4-14-37-29;1-6-5-11-9-3-2-7(10)4-8(6)9;1-4-6-10-8(5-2)7-9-3;1-2/h2-15,18,21,34-36,39H,16-17,19-20,22-25H2,1H3;2-5,11H,1H3;5-6,9H,4,7H2,1-3H3;1-2H3/b;;8-5-,10-6?;. The Morgan fingerprint density at radius 1 is 0.781 bits per heavy atom. The van der Waals surface area contributed by atoms with Crippen molar-refractivity contribution < 1.29 is 9.13 Å². The van der Waals surface area contributed by atoms with E-state index in [-0.39, 0.29) is 5.82 Å². The van der Waals surface area contributed by atoms with Gasteiger partial charge in [0.15, 0.2) is 0 Å². The summed E-state index contributed by atoms with van der Waals surface area (Å²) >= 11 is 0. The summed E-state index contributed by atoms with van der Waals surface area (Å²) in [4.78, 5) is 21.9. The van der Waals surface area contributed by atoms with Crippen LogP contribution in [0.1, 0.15) is 67.8 Å². The van der Waals surface area contributed by atoms with E-state index >= 15 is 0 Å². The van der Waals surface area contributed by atoms with Gasteiger partial charge in [0.1, 0.15) is 11.6 Å². The maximum Gasteiger partial charge on any atom is 0.123 e. The Morgan fingerprint density at radius 3 is 2.11 bits per heavy atom. The minimum absolute atomic E-state index is 0.180. The number of hydrogen-bond donors (Lipinski definition) is 6. The largest absolute Gasteiger partial charge is 0.497 e. The summed E-state index contributed by atoms with van der Waals surface area (Å²) in [6.45, 7) is 17.4. The van der Waals surface area contributed by atoms with E-state index in [4.69, 9.17) is 4.74 Å². The number of H-pyrrole nitrogens is 2. The number of ether oxygens (including phenoxy) is 1. The van der Waals surface area contributed by atoms with Crippen molar-refractivity contribution in [1.82, 2.24) is 46.1 Å². The van der Waals surface area contributed by atoms with Gasteiger partial charge in [0.25, 0.3) is 0 Å². The van der Waals surface area contributed by atoms with Crippen LogP contribution in [0.15, 0.2) is 139 Å². The van der Waals surface area contributed by atoms with Crippen LogP contribution in [0, 0.1) is 12.7 Å². The van der Waals surface area contributed by atoms with Crippen LogP contribution >= 0.6 is 0 Å². The number of methoxy groups -OCH3 is 1. The number of benzene rings is 3. The lowest BCUT2D eigenvalue weighted by molar-refractivity contribution is 0.242. The number of aliphatic imine (C=N–C) groups is 1. The maximum absolute atomic E-state index is 12.7. The van der Waals surface area contributed by atoms with Crippen LogP contribution in [0.5, 0.6) is 5.75 Å². The lowest BCUT2D eigenvalue weighted by Gasteiger charge is -2.23. The Morgan fingerprint density at radius 2 is 1.45 bits per heavy atom. The van der Waals surface area contributed by atoms with Gasteiger partial charge in [-0.25, -0.2) is 4.39 Å². The van der Waals surface area contributed by atoms with Crippen LogP contribution in [-0.2, 0) is 32.7 Å². The van der Waals surface area contributed by atoms with Crippen LogP contribution in [0.2, 0.25) is 0 Å². The molecule has 0 bridgehead atoms. The second-order valence-electron chi connectivity index (χ2n) is 14.8. The van der Waals surface area contributed by atoms with Crippen LogP contribution in [0.3, 0.4) is 0 Å². The van der Waals surface area contributed by atoms with Crippen molar-refractivity contribution in [2.45, 2.75) is 73.8 Å². The van der Waals surface area contributed by atoms with Gasteiger partial charge >= 0.3 is 0 Å². The zero-order valence-corrected chi connectivity index (χ0v) is 38.8. The third-order valence-corrected chi connectivity index (χ3v) is 10.0. The predicted octanol–water partition coefficient (Wildman–Crippen LogP) is 9.83. The first-order chi connectivity index (χ1) is 31.4. The Balaban J connectivity index is 0.000000317. The molecule has 7 aromatic rings. The molecule has 4 heterocycles. The molecular formula is C52H69FN10O. The lowest BCUT2D eigenvalue weighted by Crippen LogP contribution is -2.38. The van der Waals surface area contributed by atoms with Crippen molar-refractivity contribution >= 4 is 28.0 Å². The fourth-order valence-corrected chi connectivity index (χ4v) is 6.65. The number of hydrogen-bond acceptors (Lipinski definition) is 9. The topological polar surface area (TPSA) is 130 Å². The quantitative estimate of drug-likeness (QED) is 0.0254. The van der Waals surface area contributed by atoms with Gasteiger partial charge in [-0.3, -0.25) is 25.2 Å². The van der Waals surface area contributed by atoms with Gasteiger partial charge < -0.3 is 30.7 Å². The summed E-state index contributed by atoms with van der Waals surface area (Å²) in [6.07, 6.45) is 12.6. The number of fused-ring (bicyclic) bond motifs is 2. The predicted molar refractivity (Wildman–Crippen MR) is 265 cm³/mol. The summed E-state index contributed by atoms with van der Waals surface area (Å²) in [6, 6.07) is 31.8. The Hall–Kier alpha value is -6.02. The molecule has 340 valence electrons. The monoisotopic (exact) mass is 869 g/mol. The van der Waals surface area contributed by atoms with Crippen molar-refractivity contribution in [3.8, 4) is 5.75 Å². The van der Waals surface area contributed by atoms with E-state index in [9.17, 15) is 4.39 Å². The van der Waals surface area contributed by atoms with Crippen LogP contribution in [-0.4, -0.2) is 71.5 Å². The second kappa shape index (κ2) is 29.4. The third kappa shape index (κ3) is 17.6. The molecule has 0 aliphatic rings. The number of likely N-dealkylation sites (N-methyl/N-ethyl adjacent to an activating group) is 1. The molecule has 6 N–H and O–H groups in total. The zero-order valence-electron chi connectivity index (χ0n) is 38.8. The van der Waals surface area contributed by atoms with E-state index in [1.54, 1.807) is 19.2 Å². The zero-order chi connectivity index (χ0) is 45.8. The molecule has 3 aromatic carbocycles. The summed E-state index contributed by atoms with van der Waals surface area (Å²) in [5.41, 5.74) is 10.2. The molecule has 0 radical (unpaired) electrons. The minimum atomic E-state index is -0.180. The van der Waals surface area contributed by atoms with Gasteiger partial charge in [-0.05, 0) is 110 Å². The maximum atomic E-state index is 12.7. The van der Waals surface area contributed by atoms with Gasteiger partial charge in [0.2, 0.25) is 0 Å². The van der Waals surface area contributed by atoms with Crippen LogP contribution in [0.25, 0.3) is 21.8 Å². The SMILES string of the molecule is C/C=C(/CNC)N=CCC.CC.COc1ccc2[nH]cc(CNCc3ccc(CN(CCNCc4ccccn4)CNCc4ccccn4)cc3)c2c1.Cc1c[nH]c2ccc(F)cc12. The minimum Gasteiger partial charge on any atom is -0.497 e. The Bertz CT molecular complexity index is 2380. The number of aromatic amines is 2. The summed E-state index contributed by atoms with van der Waals surface area (Å²) < 4.78 is 18.1. The van der Waals surface area contributed by atoms with Crippen LogP contribution < -0.4 is 26.0 Å². The van der Waals surface area contributed by atoms with E-state index in [0.29, 0.717) is 0 Å². The van der Waals surface area contributed by atoms with Gasteiger partial charge in [-0.1, -0.05) is 63.2 Å². The van der Waals surface area contributed by atoms with Crippen molar-refractivity contribution in [3.05, 3.63) is 173 Å². The highest BCUT2D eigenvalue weighted by molar-refractivity contribution is 5.84. The third-order valence-electron chi connectivity index (χ3n) is 10.0. The van der Waals surface area contributed by atoms with Crippen molar-refractivity contribution in [2.75, 3.05) is 40.5 Å². The smallest absolute Gasteiger partial charge is 0.123 e. The first kappa shape index (κ1) is 50.6. The summed E-state index contributed by atoms with van der Waals surface area (Å²) in [5.74, 6) is 0.694. The molecule has 0 saturated carbocycles. The average Bonchev–Trinajstić information content (AvgIpc) is 3.92. The van der Waals surface area contributed by atoms with Gasteiger partial charge in [0.05, 0.1) is 18.5 Å². The molecule has 0 amide bonds. The molecule has 0 spiro atoms. The number of nitrogens with zero attached hydrogens (tertiary/aromatic N) is 4. The highest BCUT2D eigenvalue weighted by Gasteiger charge is 2.09. The normalized spacial score (nSPS) is 11.2. The average molecular weight is 869 g/mol. The summed E-state index contributed by atoms with van der Waals surface area (Å²) in [7, 11) is 3.62. The number of nitrogens with one attached hydrogen (secondary N) is 6. The fourth-order valence-electron chi connectivity index (χ4n) is 6.65. The number of pyridine rings is 2. The van der Waals surface area contributed by atoms with Gasteiger partial charge in [0, 0.05) is 118 Å². The molecular weight excluding hydrogens is 800 g/mol. The molecule has 4 aromatic heterocycles. The highest BCUT2D eigenvalue weighted by Crippen LogP contribution is 2.24. The molecule has 11 nitrogen and oxygen atoms in total. The van der Waals surface area contributed by atoms with E-state index < -0.39 is 0 Å². The Labute approximate surface area is 380 Å². The molecule has 64 heavy (non-hydrogen) atoms. The molecule has 0 fully saturated rings. The van der Waals surface area contributed by atoms with E-state index in [0.717, 1.165) is 110 Å². The van der Waals surface area contributed by atoms with Crippen molar-refractivity contribution in [3.63, 3.8) is 0 Å². The molecule has 0 aliphatic carbocycles. The van der Waals surface area contributed by atoms with Crippen LogP contribution in [0.4, 0.5) is 4.39 Å². The van der Waals surface area contributed by atoms with Gasteiger partial charge in [-0.2, -0.15) is 0 Å².